The van der Waals surface area contributed by atoms with Crippen molar-refractivity contribution in [1.82, 2.24) is 0 Å². The van der Waals surface area contributed by atoms with Crippen LogP contribution in [0.25, 0.3) is 0 Å². The Hall–Kier alpha value is -2.37. The Morgan fingerprint density at radius 1 is 0.311 bits per heavy atom. The molecule has 0 N–H and O–H groups in total. The molecule has 0 fully saturated rings. The van der Waals surface area contributed by atoms with Crippen LogP contribution in [0, 0.1) is 0 Å². The highest BCUT2D eigenvalue weighted by molar-refractivity contribution is 5.71. The van der Waals surface area contributed by atoms with Crippen molar-refractivity contribution in [2.75, 3.05) is 13.2 Å². The van der Waals surface area contributed by atoms with E-state index >= 15 is 0 Å². The number of carbonyl (C=O) groups excluding carboxylic acids is 3. The molecule has 0 aromatic rings. The third kappa shape index (κ3) is 48.5. The SMILES string of the molecule is CCCC/C=C\CCCCCCC(=O)OCC(COC(=O)CCCCCCCCC/C=C\CCCCCCCC)OC(=O)CCCCCCC/C=C\CCCCCCCCC. The van der Waals surface area contributed by atoms with Gasteiger partial charge in [-0.25, -0.2) is 0 Å². The minimum Gasteiger partial charge on any atom is -0.462 e. The molecule has 356 valence electrons. The Labute approximate surface area is 378 Å². The lowest BCUT2D eigenvalue weighted by Crippen LogP contribution is -2.30. The molecule has 0 radical (unpaired) electrons. The molecule has 0 rings (SSSR count). The van der Waals surface area contributed by atoms with Gasteiger partial charge in [-0.1, -0.05) is 205 Å². The molecule has 0 amide bonds. The third-order valence-electron chi connectivity index (χ3n) is 11.6. The van der Waals surface area contributed by atoms with E-state index in [0.29, 0.717) is 19.3 Å². The molecule has 0 heterocycles. The lowest BCUT2D eigenvalue weighted by molar-refractivity contribution is -0.167. The van der Waals surface area contributed by atoms with E-state index in [4.69, 9.17) is 14.2 Å². The molecule has 0 aromatic heterocycles. The van der Waals surface area contributed by atoms with E-state index in [2.05, 4.69) is 57.2 Å². The van der Waals surface area contributed by atoms with Crippen LogP contribution < -0.4 is 0 Å². The summed E-state index contributed by atoms with van der Waals surface area (Å²) in [6.45, 7) is 6.59. The zero-order chi connectivity index (χ0) is 44.4. The van der Waals surface area contributed by atoms with Gasteiger partial charge in [0.25, 0.3) is 0 Å². The molecular formula is C55H100O6. The molecule has 0 bridgehead atoms. The fourth-order valence-electron chi connectivity index (χ4n) is 7.53. The summed E-state index contributed by atoms with van der Waals surface area (Å²) in [4.78, 5) is 37.9. The summed E-state index contributed by atoms with van der Waals surface area (Å²) >= 11 is 0. The second kappa shape index (κ2) is 50.3. The van der Waals surface area contributed by atoms with Crippen molar-refractivity contribution >= 4 is 17.9 Å². The molecule has 1 unspecified atom stereocenters. The van der Waals surface area contributed by atoms with Crippen molar-refractivity contribution in [1.29, 1.82) is 0 Å². The van der Waals surface area contributed by atoms with Gasteiger partial charge in [-0.3, -0.25) is 14.4 Å². The summed E-state index contributed by atoms with van der Waals surface area (Å²) in [5, 5.41) is 0. The Bertz CT molecular complexity index is 1030. The largest absolute Gasteiger partial charge is 0.462 e. The smallest absolute Gasteiger partial charge is 0.306 e. The third-order valence-corrected chi connectivity index (χ3v) is 11.6. The van der Waals surface area contributed by atoms with E-state index in [1.165, 1.54) is 154 Å². The number of esters is 3. The average molecular weight is 857 g/mol. The lowest BCUT2D eigenvalue weighted by Gasteiger charge is -2.18. The first-order chi connectivity index (χ1) is 30.0. The molecule has 61 heavy (non-hydrogen) atoms. The number of unbranched alkanes of at least 4 members (excludes halogenated alkanes) is 31. The lowest BCUT2D eigenvalue weighted by atomic mass is 10.1. The molecule has 1 atom stereocenters. The Balaban J connectivity index is 4.34. The van der Waals surface area contributed by atoms with Gasteiger partial charge in [0.05, 0.1) is 0 Å². The predicted octanol–water partition coefficient (Wildman–Crippen LogP) is 17.3. The van der Waals surface area contributed by atoms with Crippen LogP contribution in [0.3, 0.4) is 0 Å². The molecule has 0 aromatic carbocycles. The van der Waals surface area contributed by atoms with Gasteiger partial charge in [0, 0.05) is 19.3 Å². The van der Waals surface area contributed by atoms with Crippen molar-refractivity contribution in [3.8, 4) is 0 Å². The van der Waals surface area contributed by atoms with Crippen molar-refractivity contribution in [3.05, 3.63) is 36.5 Å². The second-order valence-electron chi connectivity index (χ2n) is 17.8. The van der Waals surface area contributed by atoms with Crippen LogP contribution in [0.1, 0.15) is 278 Å². The zero-order valence-electron chi connectivity index (χ0n) is 40.7. The Morgan fingerprint density at radius 3 is 0.869 bits per heavy atom. The van der Waals surface area contributed by atoms with E-state index in [-0.39, 0.29) is 31.1 Å². The van der Waals surface area contributed by atoms with Gasteiger partial charge in [0.15, 0.2) is 6.10 Å². The maximum Gasteiger partial charge on any atom is 0.306 e. The maximum atomic E-state index is 12.8. The highest BCUT2D eigenvalue weighted by atomic mass is 16.6. The number of hydrogen-bond acceptors (Lipinski definition) is 6. The molecule has 6 nitrogen and oxygen atoms in total. The van der Waals surface area contributed by atoms with Gasteiger partial charge in [-0.05, 0) is 89.9 Å². The molecular weight excluding hydrogens is 757 g/mol. The second-order valence-corrected chi connectivity index (χ2v) is 17.8. The fourth-order valence-corrected chi connectivity index (χ4v) is 7.53. The Morgan fingerprint density at radius 2 is 0.557 bits per heavy atom. The number of hydrogen-bond donors (Lipinski definition) is 0. The molecule has 0 aliphatic heterocycles. The number of rotatable bonds is 48. The first kappa shape index (κ1) is 58.6. The van der Waals surface area contributed by atoms with Gasteiger partial charge < -0.3 is 14.2 Å². The van der Waals surface area contributed by atoms with Gasteiger partial charge in [0.2, 0.25) is 0 Å². The summed E-state index contributed by atoms with van der Waals surface area (Å²) in [6.07, 6.45) is 58.4. The molecule has 6 heteroatoms. The first-order valence-corrected chi connectivity index (χ1v) is 26.5. The monoisotopic (exact) mass is 857 g/mol. The van der Waals surface area contributed by atoms with Crippen LogP contribution in [0.2, 0.25) is 0 Å². The molecule has 0 saturated heterocycles. The minimum atomic E-state index is -0.780. The topological polar surface area (TPSA) is 78.9 Å². The van der Waals surface area contributed by atoms with Crippen molar-refractivity contribution < 1.29 is 28.6 Å². The van der Waals surface area contributed by atoms with Crippen LogP contribution in [0.5, 0.6) is 0 Å². The van der Waals surface area contributed by atoms with E-state index in [1.54, 1.807) is 0 Å². The predicted molar refractivity (Wildman–Crippen MR) is 261 cm³/mol. The number of allylic oxidation sites excluding steroid dienone is 6. The minimum absolute atomic E-state index is 0.0799. The van der Waals surface area contributed by atoms with E-state index < -0.39 is 6.10 Å². The van der Waals surface area contributed by atoms with Crippen molar-refractivity contribution in [3.63, 3.8) is 0 Å². The summed E-state index contributed by atoms with van der Waals surface area (Å²) in [6, 6.07) is 0. The van der Waals surface area contributed by atoms with E-state index in [1.807, 2.05) is 0 Å². The fraction of sp³-hybridized carbons (Fsp3) is 0.836. The summed E-state index contributed by atoms with van der Waals surface area (Å²) in [5.74, 6) is -0.897. The summed E-state index contributed by atoms with van der Waals surface area (Å²) in [7, 11) is 0. The zero-order valence-corrected chi connectivity index (χ0v) is 40.7. The van der Waals surface area contributed by atoms with Gasteiger partial charge >= 0.3 is 17.9 Å². The standard InChI is InChI=1S/C55H100O6/c1-4-7-10-13-16-19-22-24-26-28-30-31-33-36-39-42-45-48-54(57)60-51-52(50-59-53(56)47-44-41-38-35-21-18-15-12-9-6-3)61-55(58)49-46-43-40-37-34-32-29-27-25-23-20-17-14-11-8-5-2/h15,18,24,26-27,29,52H,4-14,16-17,19-23,25,28,30-51H2,1-3H3/b18-15-,26-24-,29-27-. The molecule has 0 spiro atoms. The molecule has 0 aliphatic rings. The number of ether oxygens (including phenoxy) is 3. The van der Waals surface area contributed by atoms with Crippen LogP contribution in [-0.4, -0.2) is 37.2 Å². The molecule has 0 aliphatic carbocycles. The van der Waals surface area contributed by atoms with Gasteiger partial charge in [-0.15, -0.1) is 0 Å². The first-order valence-electron chi connectivity index (χ1n) is 26.5. The van der Waals surface area contributed by atoms with E-state index in [0.717, 1.165) is 83.5 Å². The van der Waals surface area contributed by atoms with Crippen LogP contribution in [0.15, 0.2) is 36.5 Å². The van der Waals surface area contributed by atoms with Crippen molar-refractivity contribution in [2.24, 2.45) is 0 Å². The van der Waals surface area contributed by atoms with Gasteiger partial charge in [-0.2, -0.15) is 0 Å². The average Bonchev–Trinajstić information content (AvgIpc) is 3.26. The van der Waals surface area contributed by atoms with Crippen LogP contribution in [-0.2, 0) is 28.6 Å². The van der Waals surface area contributed by atoms with Crippen LogP contribution >= 0.6 is 0 Å². The normalized spacial score (nSPS) is 12.2. The van der Waals surface area contributed by atoms with Crippen molar-refractivity contribution in [2.45, 2.75) is 284 Å². The van der Waals surface area contributed by atoms with E-state index in [9.17, 15) is 14.4 Å². The number of carbonyl (C=O) groups is 3. The highest BCUT2D eigenvalue weighted by Crippen LogP contribution is 2.15. The maximum absolute atomic E-state index is 12.8. The quantitative estimate of drug-likeness (QED) is 0.0262. The summed E-state index contributed by atoms with van der Waals surface area (Å²) < 4.78 is 16.8. The van der Waals surface area contributed by atoms with Crippen LogP contribution in [0.4, 0.5) is 0 Å². The Kier molecular flexibility index (Phi) is 48.3. The molecule has 0 saturated carbocycles. The highest BCUT2D eigenvalue weighted by Gasteiger charge is 2.19. The van der Waals surface area contributed by atoms with Gasteiger partial charge in [0.1, 0.15) is 13.2 Å². The summed E-state index contributed by atoms with van der Waals surface area (Å²) in [5.41, 5.74) is 0.